The SMILES string of the molecule is CCC[C@@H](C(=O)NCc1ccco1)N(C(=O)CNS(=O)(=O)c1ccccc1)c1cccc(F)c1. The van der Waals surface area contributed by atoms with Crippen LogP contribution in [-0.4, -0.2) is 32.8 Å². The Bertz CT molecular complexity index is 1200. The second kappa shape index (κ2) is 11.6. The standard InChI is InChI=1S/C24H26FN3O5S/c1-2-8-22(24(30)26-16-20-11-7-14-33-20)28(19-10-6-9-18(25)15-19)23(29)17-27-34(31,32)21-12-4-3-5-13-21/h3-7,9-15,22,27H,2,8,16-17H2,1H3,(H,26,30)/t22-/m0/s1. The van der Waals surface area contributed by atoms with Crippen molar-refractivity contribution < 1.29 is 26.8 Å². The number of hydrogen-bond acceptors (Lipinski definition) is 5. The molecule has 3 rings (SSSR count). The van der Waals surface area contributed by atoms with E-state index < -0.39 is 40.2 Å². The largest absolute Gasteiger partial charge is 0.467 e. The minimum Gasteiger partial charge on any atom is -0.467 e. The summed E-state index contributed by atoms with van der Waals surface area (Å²) in [6.07, 6.45) is 2.30. The van der Waals surface area contributed by atoms with E-state index in [1.807, 2.05) is 6.92 Å². The van der Waals surface area contributed by atoms with Crippen LogP contribution in [0.15, 0.2) is 82.3 Å². The summed E-state index contributed by atoms with van der Waals surface area (Å²) in [5.41, 5.74) is 0.149. The quantitative estimate of drug-likeness (QED) is 0.432. The van der Waals surface area contributed by atoms with Gasteiger partial charge in [0.2, 0.25) is 21.8 Å². The number of benzene rings is 2. The lowest BCUT2D eigenvalue weighted by molar-refractivity contribution is -0.126. The number of anilines is 1. The highest BCUT2D eigenvalue weighted by Gasteiger charge is 2.31. The summed E-state index contributed by atoms with van der Waals surface area (Å²) in [6, 6.07) is 15.3. The zero-order chi connectivity index (χ0) is 24.6. The molecule has 0 aliphatic carbocycles. The van der Waals surface area contributed by atoms with Crippen LogP contribution in [0.3, 0.4) is 0 Å². The maximum absolute atomic E-state index is 14.0. The van der Waals surface area contributed by atoms with Gasteiger partial charge in [-0.3, -0.25) is 14.5 Å². The molecule has 10 heteroatoms. The number of rotatable bonds is 11. The van der Waals surface area contributed by atoms with Crippen molar-refractivity contribution in [2.75, 3.05) is 11.4 Å². The fraction of sp³-hybridized carbons (Fsp3) is 0.250. The molecule has 0 saturated heterocycles. The predicted octanol–water partition coefficient (Wildman–Crippen LogP) is 3.22. The van der Waals surface area contributed by atoms with Crippen LogP contribution < -0.4 is 14.9 Å². The maximum Gasteiger partial charge on any atom is 0.243 e. The smallest absolute Gasteiger partial charge is 0.243 e. The van der Waals surface area contributed by atoms with Gasteiger partial charge in [0.25, 0.3) is 0 Å². The lowest BCUT2D eigenvalue weighted by atomic mass is 10.1. The van der Waals surface area contributed by atoms with Gasteiger partial charge in [0, 0.05) is 5.69 Å². The summed E-state index contributed by atoms with van der Waals surface area (Å²) in [5, 5.41) is 2.73. The molecule has 180 valence electrons. The molecular weight excluding hydrogens is 461 g/mol. The first-order chi connectivity index (χ1) is 16.3. The highest BCUT2D eigenvalue weighted by atomic mass is 32.2. The molecule has 0 bridgehead atoms. The van der Waals surface area contributed by atoms with E-state index in [1.54, 1.807) is 30.3 Å². The number of furan rings is 1. The average Bonchev–Trinajstić information content (AvgIpc) is 3.35. The Morgan fingerprint density at radius 1 is 1.06 bits per heavy atom. The van der Waals surface area contributed by atoms with Crippen LogP contribution in [0.2, 0.25) is 0 Å². The van der Waals surface area contributed by atoms with E-state index in [1.165, 1.54) is 36.6 Å². The molecule has 0 unspecified atom stereocenters. The van der Waals surface area contributed by atoms with Crippen LogP contribution in [0.4, 0.5) is 10.1 Å². The summed E-state index contributed by atoms with van der Waals surface area (Å²) in [4.78, 5) is 27.5. The summed E-state index contributed by atoms with van der Waals surface area (Å²) in [5.74, 6) is -1.23. The maximum atomic E-state index is 14.0. The van der Waals surface area contributed by atoms with E-state index in [0.717, 1.165) is 11.0 Å². The minimum absolute atomic E-state index is 0.00130. The summed E-state index contributed by atoms with van der Waals surface area (Å²) in [6.45, 7) is 1.34. The van der Waals surface area contributed by atoms with Gasteiger partial charge in [-0.1, -0.05) is 37.6 Å². The van der Waals surface area contributed by atoms with E-state index in [9.17, 15) is 22.4 Å². The Morgan fingerprint density at radius 3 is 2.47 bits per heavy atom. The third kappa shape index (κ3) is 6.52. The van der Waals surface area contributed by atoms with Crippen molar-refractivity contribution in [2.24, 2.45) is 0 Å². The molecule has 3 aromatic rings. The molecule has 2 amide bonds. The van der Waals surface area contributed by atoms with Crippen LogP contribution in [0, 0.1) is 5.82 Å². The molecule has 0 fully saturated rings. The summed E-state index contributed by atoms with van der Waals surface area (Å²) < 4.78 is 46.7. The molecule has 34 heavy (non-hydrogen) atoms. The fourth-order valence-corrected chi connectivity index (χ4v) is 4.40. The zero-order valence-electron chi connectivity index (χ0n) is 18.6. The number of sulfonamides is 1. The van der Waals surface area contributed by atoms with E-state index in [2.05, 4.69) is 10.0 Å². The number of nitrogens with zero attached hydrogens (tertiary/aromatic N) is 1. The lowest BCUT2D eigenvalue weighted by Gasteiger charge is -2.31. The van der Waals surface area contributed by atoms with E-state index >= 15 is 0 Å². The Morgan fingerprint density at radius 2 is 1.82 bits per heavy atom. The van der Waals surface area contributed by atoms with Crippen molar-refractivity contribution in [1.29, 1.82) is 0 Å². The number of halogens is 1. The monoisotopic (exact) mass is 487 g/mol. The van der Waals surface area contributed by atoms with Crippen LogP contribution in [0.5, 0.6) is 0 Å². The van der Waals surface area contributed by atoms with Gasteiger partial charge in [-0.2, -0.15) is 0 Å². The lowest BCUT2D eigenvalue weighted by Crippen LogP contribution is -2.52. The molecule has 0 radical (unpaired) electrons. The van der Waals surface area contributed by atoms with Gasteiger partial charge in [-0.05, 0) is 48.9 Å². The second-order valence-corrected chi connectivity index (χ2v) is 9.25. The third-order valence-corrected chi connectivity index (χ3v) is 6.43. The normalized spacial score (nSPS) is 12.2. The van der Waals surface area contributed by atoms with Gasteiger partial charge in [0.1, 0.15) is 17.6 Å². The first kappa shape index (κ1) is 25.1. The van der Waals surface area contributed by atoms with Gasteiger partial charge in [0.15, 0.2) is 0 Å². The van der Waals surface area contributed by atoms with Crippen molar-refractivity contribution in [3.8, 4) is 0 Å². The Labute approximate surface area is 197 Å². The van der Waals surface area contributed by atoms with Crippen LogP contribution in [0.1, 0.15) is 25.5 Å². The van der Waals surface area contributed by atoms with Gasteiger partial charge >= 0.3 is 0 Å². The number of amides is 2. The molecule has 0 spiro atoms. The van der Waals surface area contributed by atoms with E-state index in [0.29, 0.717) is 12.2 Å². The van der Waals surface area contributed by atoms with Crippen LogP contribution in [0.25, 0.3) is 0 Å². The van der Waals surface area contributed by atoms with Gasteiger partial charge < -0.3 is 9.73 Å². The highest BCUT2D eigenvalue weighted by molar-refractivity contribution is 7.89. The first-order valence-corrected chi connectivity index (χ1v) is 12.2. The molecule has 1 atom stereocenters. The third-order valence-electron chi connectivity index (χ3n) is 5.02. The van der Waals surface area contributed by atoms with Gasteiger partial charge in [-0.15, -0.1) is 0 Å². The molecule has 1 aromatic heterocycles. The number of carbonyl (C=O) groups is 2. The molecule has 0 aliphatic heterocycles. The molecule has 8 nitrogen and oxygen atoms in total. The summed E-state index contributed by atoms with van der Waals surface area (Å²) in [7, 11) is -3.96. The van der Waals surface area contributed by atoms with Crippen LogP contribution in [-0.2, 0) is 26.2 Å². The second-order valence-electron chi connectivity index (χ2n) is 7.48. The topological polar surface area (TPSA) is 109 Å². The molecule has 2 N–H and O–H groups in total. The number of carbonyl (C=O) groups excluding carboxylic acids is 2. The predicted molar refractivity (Wildman–Crippen MR) is 125 cm³/mol. The Kier molecular flexibility index (Phi) is 8.55. The van der Waals surface area contributed by atoms with E-state index in [4.69, 9.17) is 4.42 Å². The average molecular weight is 488 g/mol. The minimum atomic E-state index is -3.96. The molecule has 1 heterocycles. The fourth-order valence-electron chi connectivity index (χ4n) is 3.40. The molecule has 0 saturated carbocycles. The zero-order valence-corrected chi connectivity index (χ0v) is 19.4. The Balaban J connectivity index is 1.85. The van der Waals surface area contributed by atoms with Crippen molar-refractivity contribution in [1.82, 2.24) is 10.0 Å². The highest BCUT2D eigenvalue weighted by Crippen LogP contribution is 2.22. The summed E-state index contributed by atoms with van der Waals surface area (Å²) >= 11 is 0. The molecular formula is C24H26FN3O5S. The number of hydrogen-bond donors (Lipinski definition) is 2. The van der Waals surface area contributed by atoms with Crippen molar-refractivity contribution >= 4 is 27.5 Å². The van der Waals surface area contributed by atoms with E-state index in [-0.39, 0.29) is 23.5 Å². The van der Waals surface area contributed by atoms with Crippen molar-refractivity contribution in [3.63, 3.8) is 0 Å². The van der Waals surface area contributed by atoms with Crippen LogP contribution >= 0.6 is 0 Å². The molecule has 2 aromatic carbocycles. The van der Waals surface area contributed by atoms with Gasteiger partial charge in [0.05, 0.1) is 24.2 Å². The number of nitrogens with one attached hydrogen (secondary N) is 2. The molecule has 0 aliphatic rings. The van der Waals surface area contributed by atoms with Crippen molar-refractivity contribution in [3.05, 3.63) is 84.6 Å². The van der Waals surface area contributed by atoms with Gasteiger partial charge in [-0.25, -0.2) is 17.5 Å². The van der Waals surface area contributed by atoms with Crippen molar-refractivity contribution in [2.45, 2.75) is 37.2 Å². The Hall–Kier alpha value is -3.50. The first-order valence-electron chi connectivity index (χ1n) is 10.7.